The van der Waals surface area contributed by atoms with E-state index < -0.39 is 5.91 Å². The lowest BCUT2D eigenvalue weighted by molar-refractivity contribution is 0.1000. The molecule has 0 radical (unpaired) electrons. The third-order valence-electron chi connectivity index (χ3n) is 4.46. The second kappa shape index (κ2) is 6.22. The molecule has 0 spiro atoms. The van der Waals surface area contributed by atoms with Crippen LogP contribution in [-0.4, -0.2) is 41.5 Å². The summed E-state index contributed by atoms with van der Waals surface area (Å²) in [5.41, 5.74) is 5.89. The Morgan fingerprint density at radius 3 is 2.65 bits per heavy atom. The first-order valence-corrected chi connectivity index (χ1v) is 7.28. The smallest absolute Gasteiger partial charge is 0.250 e. The third-order valence-corrected chi connectivity index (χ3v) is 4.46. The van der Waals surface area contributed by atoms with Crippen molar-refractivity contribution in [3.8, 4) is 0 Å². The van der Waals surface area contributed by atoms with E-state index in [1.165, 1.54) is 31.9 Å². The molecule has 1 heterocycles. The number of nitrogens with two attached hydrogens (primary N) is 1. The summed E-state index contributed by atoms with van der Waals surface area (Å²) in [6.07, 6.45) is 6.56. The minimum Gasteiger partial charge on any atom is -0.368 e. The second-order valence-corrected chi connectivity index (χ2v) is 5.60. The molecule has 1 aromatic heterocycles. The SMILES string of the molecule is CCN(C)C1(CNc2ccc(C(N)=O)cn2)CCCC1. The van der Waals surface area contributed by atoms with E-state index in [1.54, 1.807) is 6.07 Å². The summed E-state index contributed by atoms with van der Waals surface area (Å²) in [4.78, 5) is 17.7. The summed E-state index contributed by atoms with van der Waals surface area (Å²) < 4.78 is 0. The topological polar surface area (TPSA) is 71.2 Å². The number of hydrogen-bond donors (Lipinski definition) is 2. The van der Waals surface area contributed by atoms with Crippen molar-refractivity contribution < 1.29 is 4.79 Å². The van der Waals surface area contributed by atoms with Crippen molar-refractivity contribution in [2.45, 2.75) is 38.1 Å². The van der Waals surface area contributed by atoms with Crippen LogP contribution in [0.3, 0.4) is 0 Å². The van der Waals surface area contributed by atoms with E-state index in [2.05, 4.69) is 29.2 Å². The maximum atomic E-state index is 11.0. The molecule has 110 valence electrons. The highest BCUT2D eigenvalue weighted by Gasteiger charge is 2.36. The molecule has 3 N–H and O–H groups in total. The molecule has 2 rings (SSSR count). The van der Waals surface area contributed by atoms with Crippen molar-refractivity contribution in [3.63, 3.8) is 0 Å². The molecule has 0 aromatic carbocycles. The number of carbonyl (C=O) groups is 1. The summed E-state index contributed by atoms with van der Waals surface area (Å²) in [5, 5.41) is 3.40. The number of primary amides is 1. The van der Waals surface area contributed by atoms with Crippen LogP contribution in [0.4, 0.5) is 5.82 Å². The molecule has 0 bridgehead atoms. The van der Waals surface area contributed by atoms with E-state index in [-0.39, 0.29) is 5.54 Å². The number of rotatable bonds is 6. The van der Waals surface area contributed by atoms with Gasteiger partial charge in [-0.25, -0.2) is 4.98 Å². The quantitative estimate of drug-likeness (QED) is 0.832. The molecule has 0 aliphatic heterocycles. The van der Waals surface area contributed by atoms with Gasteiger partial charge in [-0.1, -0.05) is 19.8 Å². The summed E-state index contributed by atoms with van der Waals surface area (Å²) in [5.74, 6) is 0.354. The van der Waals surface area contributed by atoms with Crippen LogP contribution in [0.2, 0.25) is 0 Å². The van der Waals surface area contributed by atoms with Crippen LogP contribution in [0.15, 0.2) is 18.3 Å². The van der Waals surface area contributed by atoms with Gasteiger partial charge in [0.05, 0.1) is 5.56 Å². The number of anilines is 1. The van der Waals surface area contributed by atoms with Crippen LogP contribution >= 0.6 is 0 Å². The van der Waals surface area contributed by atoms with Crippen LogP contribution in [0.25, 0.3) is 0 Å². The van der Waals surface area contributed by atoms with E-state index in [0.29, 0.717) is 5.56 Å². The zero-order valence-electron chi connectivity index (χ0n) is 12.4. The Kier molecular flexibility index (Phi) is 4.60. The number of aromatic nitrogens is 1. The fourth-order valence-corrected chi connectivity index (χ4v) is 2.96. The number of carbonyl (C=O) groups excluding carboxylic acids is 1. The van der Waals surface area contributed by atoms with E-state index >= 15 is 0 Å². The lowest BCUT2D eigenvalue weighted by Crippen LogP contribution is -2.49. The van der Waals surface area contributed by atoms with E-state index in [4.69, 9.17) is 5.73 Å². The molecule has 5 heteroatoms. The van der Waals surface area contributed by atoms with Gasteiger partial charge in [-0.15, -0.1) is 0 Å². The largest absolute Gasteiger partial charge is 0.368 e. The molecular weight excluding hydrogens is 252 g/mol. The predicted molar refractivity (Wildman–Crippen MR) is 80.7 cm³/mol. The zero-order valence-corrected chi connectivity index (χ0v) is 12.4. The van der Waals surface area contributed by atoms with Crippen LogP contribution in [-0.2, 0) is 0 Å². The molecular formula is C15H24N4O. The summed E-state index contributed by atoms with van der Waals surface area (Å²) in [7, 11) is 2.19. The standard InChI is InChI=1S/C15H24N4O/c1-3-19(2)15(8-4-5-9-15)11-18-13-7-6-12(10-17-13)14(16)20/h6-7,10H,3-5,8-9,11H2,1-2H3,(H2,16,20)(H,17,18). The zero-order chi connectivity index (χ0) is 14.6. The Morgan fingerprint density at radius 1 is 1.45 bits per heavy atom. The molecule has 1 aromatic rings. The van der Waals surface area contributed by atoms with Gasteiger partial charge in [-0.3, -0.25) is 9.69 Å². The number of pyridine rings is 1. The van der Waals surface area contributed by atoms with Gasteiger partial charge < -0.3 is 11.1 Å². The average molecular weight is 276 g/mol. The first-order valence-electron chi connectivity index (χ1n) is 7.28. The van der Waals surface area contributed by atoms with Gasteiger partial charge >= 0.3 is 0 Å². The Hall–Kier alpha value is -1.62. The number of nitrogens with zero attached hydrogens (tertiary/aromatic N) is 2. The van der Waals surface area contributed by atoms with Gasteiger partial charge in [-0.05, 0) is 38.6 Å². The van der Waals surface area contributed by atoms with Crippen LogP contribution in [0.1, 0.15) is 43.0 Å². The molecule has 0 saturated heterocycles. The minimum atomic E-state index is -0.443. The highest BCUT2D eigenvalue weighted by Crippen LogP contribution is 2.34. The lowest BCUT2D eigenvalue weighted by Gasteiger charge is -2.38. The predicted octanol–water partition coefficient (Wildman–Crippen LogP) is 1.86. The summed E-state index contributed by atoms with van der Waals surface area (Å²) in [6.45, 7) is 4.13. The maximum absolute atomic E-state index is 11.0. The summed E-state index contributed by atoms with van der Waals surface area (Å²) >= 11 is 0. The average Bonchev–Trinajstić information content (AvgIpc) is 2.95. The van der Waals surface area contributed by atoms with E-state index in [1.807, 2.05) is 6.07 Å². The molecule has 1 aliphatic carbocycles. The third kappa shape index (κ3) is 3.10. The fourth-order valence-electron chi connectivity index (χ4n) is 2.96. The normalized spacial score (nSPS) is 17.4. The van der Waals surface area contributed by atoms with Crippen molar-refractivity contribution in [2.75, 3.05) is 25.5 Å². The second-order valence-electron chi connectivity index (χ2n) is 5.60. The van der Waals surface area contributed by atoms with E-state index in [9.17, 15) is 4.79 Å². The molecule has 5 nitrogen and oxygen atoms in total. The van der Waals surface area contributed by atoms with Gasteiger partial charge in [0, 0.05) is 18.3 Å². The number of hydrogen-bond acceptors (Lipinski definition) is 4. The molecule has 0 unspecified atom stereocenters. The Bertz CT molecular complexity index is 451. The number of amides is 1. The Labute approximate surface area is 120 Å². The van der Waals surface area contributed by atoms with Crippen molar-refractivity contribution in [1.82, 2.24) is 9.88 Å². The van der Waals surface area contributed by atoms with Gasteiger partial charge in [0.1, 0.15) is 5.82 Å². The van der Waals surface area contributed by atoms with E-state index in [0.717, 1.165) is 18.9 Å². The number of likely N-dealkylation sites (N-methyl/N-ethyl adjacent to an activating group) is 1. The minimum absolute atomic E-state index is 0.235. The molecule has 0 atom stereocenters. The molecule has 1 aliphatic rings. The van der Waals surface area contributed by atoms with Gasteiger partial charge in [0.15, 0.2) is 0 Å². The molecule has 1 amide bonds. The Balaban J connectivity index is 2.01. The highest BCUT2D eigenvalue weighted by molar-refractivity contribution is 5.92. The highest BCUT2D eigenvalue weighted by atomic mass is 16.1. The van der Waals surface area contributed by atoms with Gasteiger partial charge in [0.2, 0.25) is 5.91 Å². The maximum Gasteiger partial charge on any atom is 0.250 e. The monoisotopic (exact) mass is 276 g/mol. The first kappa shape index (κ1) is 14.8. The van der Waals surface area contributed by atoms with Crippen LogP contribution < -0.4 is 11.1 Å². The van der Waals surface area contributed by atoms with Gasteiger partial charge in [-0.2, -0.15) is 0 Å². The summed E-state index contributed by atoms with van der Waals surface area (Å²) in [6, 6.07) is 3.53. The number of nitrogens with one attached hydrogen (secondary N) is 1. The van der Waals surface area contributed by atoms with Gasteiger partial charge in [0.25, 0.3) is 0 Å². The molecule has 1 fully saturated rings. The van der Waals surface area contributed by atoms with Crippen molar-refractivity contribution in [1.29, 1.82) is 0 Å². The van der Waals surface area contributed by atoms with Crippen LogP contribution in [0, 0.1) is 0 Å². The van der Waals surface area contributed by atoms with Crippen molar-refractivity contribution in [2.24, 2.45) is 5.73 Å². The Morgan fingerprint density at radius 2 is 2.15 bits per heavy atom. The van der Waals surface area contributed by atoms with Crippen molar-refractivity contribution in [3.05, 3.63) is 23.9 Å². The molecule has 20 heavy (non-hydrogen) atoms. The molecule has 1 saturated carbocycles. The lowest BCUT2D eigenvalue weighted by atomic mass is 9.95. The first-order chi connectivity index (χ1) is 9.57. The fraction of sp³-hybridized carbons (Fsp3) is 0.600. The van der Waals surface area contributed by atoms with Crippen molar-refractivity contribution >= 4 is 11.7 Å². The van der Waals surface area contributed by atoms with Crippen LogP contribution in [0.5, 0.6) is 0 Å².